The lowest BCUT2D eigenvalue weighted by Crippen LogP contribution is -2.47. The van der Waals surface area contributed by atoms with Crippen molar-refractivity contribution in [3.8, 4) is 0 Å². The Morgan fingerprint density at radius 1 is 1.36 bits per heavy atom. The third-order valence-corrected chi connectivity index (χ3v) is 6.34. The summed E-state index contributed by atoms with van der Waals surface area (Å²) in [5.74, 6) is 0.424. The number of aromatic amines is 1. The molecule has 25 heavy (non-hydrogen) atoms. The predicted octanol–water partition coefficient (Wildman–Crippen LogP) is 3.82. The Morgan fingerprint density at radius 2 is 2.12 bits per heavy atom. The molecule has 1 heterocycles. The molecule has 130 valence electrons. The van der Waals surface area contributed by atoms with Gasteiger partial charge in [0.25, 0.3) is 0 Å². The highest BCUT2D eigenvalue weighted by Gasteiger charge is 2.19. The summed E-state index contributed by atoms with van der Waals surface area (Å²) < 4.78 is 0.913. The maximum atomic E-state index is 12.9. The van der Waals surface area contributed by atoms with Gasteiger partial charge in [-0.1, -0.05) is 57.4 Å². The van der Waals surface area contributed by atoms with Gasteiger partial charge in [-0.25, -0.2) is 0 Å². The number of pyridine rings is 1. The van der Waals surface area contributed by atoms with Crippen LogP contribution in [0, 0.1) is 6.92 Å². The molecule has 0 amide bonds. The number of carbonyl (C=O) groups is 1. The summed E-state index contributed by atoms with van der Waals surface area (Å²) in [5.41, 5.74) is 2.23. The number of aromatic nitrogens is 1. The van der Waals surface area contributed by atoms with Crippen LogP contribution < -0.4 is 16.0 Å². The van der Waals surface area contributed by atoms with Crippen LogP contribution in [-0.4, -0.2) is 10.8 Å². The van der Waals surface area contributed by atoms with E-state index in [1.54, 1.807) is 0 Å². The first-order chi connectivity index (χ1) is 11.9. The first kappa shape index (κ1) is 18.5. The van der Waals surface area contributed by atoms with Gasteiger partial charge in [0.1, 0.15) is 0 Å². The first-order valence-corrected chi connectivity index (χ1v) is 10.1. The van der Waals surface area contributed by atoms with Gasteiger partial charge in [-0.05, 0) is 32.3 Å². The number of nitrogens with one attached hydrogen (secondary N) is 1. The number of hydrogen-bond acceptors (Lipinski definition) is 3. The summed E-state index contributed by atoms with van der Waals surface area (Å²) in [7, 11) is 0. The molecule has 3 nitrogen and oxygen atoms in total. The van der Waals surface area contributed by atoms with Gasteiger partial charge < -0.3 is 4.98 Å². The van der Waals surface area contributed by atoms with E-state index in [2.05, 4.69) is 27.0 Å². The van der Waals surface area contributed by atoms with Crippen LogP contribution in [0.2, 0.25) is 0 Å². The van der Waals surface area contributed by atoms with Gasteiger partial charge in [0.2, 0.25) is 5.43 Å². The zero-order chi connectivity index (χ0) is 18.1. The Labute approximate surface area is 163 Å². The lowest BCUT2D eigenvalue weighted by atomic mass is 10.1. The normalized spacial score (nSPS) is 13.8. The number of thioether (sulfide) groups is 1. The van der Waals surface area contributed by atoms with Crippen molar-refractivity contribution in [3.63, 3.8) is 0 Å². The number of rotatable bonds is 4. The van der Waals surface area contributed by atoms with Gasteiger partial charge in [-0.15, -0.1) is 11.8 Å². The van der Waals surface area contributed by atoms with Crippen molar-refractivity contribution in [1.82, 2.24) is 4.98 Å². The third kappa shape index (κ3) is 3.78. The number of hydrogen-bond donors (Lipinski definition) is 1. The Balaban J connectivity index is 2.14. The number of carbonyl (C=O) groups excluding carboxylic acids is 1. The molecular weight excluding hydrogens is 422 g/mol. The van der Waals surface area contributed by atoms with Crippen LogP contribution in [0.3, 0.4) is 0 Å². The van der Waals surface area contributed by atoms with Gasteiger partial charge in [-0.2, -0.15) is 0 Å². The van der Waals surface area contributed by atoms with Crippen LogP contribution in [0.1, 0.15) is 41.3 Å². The lowest BCUT2D eigenvalue weighted by Gasteiger charge is -2.13. The molecule has 0 saturated heterocycles. The third-order valence-electron chi connectivity index (χ3n) is 4.09. The average molecular weight is 439 g/mol. The summed E-state index contributed by atoms with van der Waals surface area (Å²) in [4.78, 5) is 28.3. The van der Waals surface area contributed by atoms with Crippen molar-refractivity contribution in [2.45, 2.75) is 37.5 Å². The number of fused-ring (bicyclic) bond motifs is 1. The van der Waals surface area contributed by atoms with Crippen molar-refractivity contribution in [3.05, 3.63) is 61.7 Å². The van der Waals surface area contributed by atoms with Gasteiger partial charge in [0, 0.05) is 15.3 Å². The lowest BCUT2D eigenvalue weighted by molar-refractivity contribution is 0.101. The molecule has 0 fully saturated rings. The van der Waals surface area contributed by atoms with Crippen LogP contribution >= 0.6 is 39.3 Å². The Kier molecular flexibility index (Phi) is 5.56. The smallest absolute Gasteiger partial charge is 0.202 e. The van der Waals surface area contributed by atoms with Crippen molar-refractivity contribution in [2.24, 2.45) is 0 Å². The molecule has 2 aromatic rings. The SMILES string of the molecule is CC(=O)c1c(SCc2cccc(C)c2)[nH]c2c(c1=O)=C(Cl)CCC=2Br. The molecule has 1 aromatic carbocycles. The number of ketones is 1. The van der Waals surface area contributed by atoms with Crippen LogP contribution in [0.15, 0.2) is 34.1 Å². The summed E-state index contributed by atoms with van der Waals surface area (Å²) in [5, 5.41) is 2.22. The van der Waals surface area contributed by atoms with E-state index in [-0.39, 0.29) is 16.8 Å². The quantitative estimate of drug-likeness (QED) is 0.583. The van der Waals surface area contributed by atoms with Crippen LogP contribution in [0.4, 0.5) is 0 Å². The maximum Gasteiger partial charge on any atom is 0.202 e. The molecule has 1 aliphatic rings. The van der Waals surface area contributed by atoms with E-state index in [0.717, 1.165) is 16.5 Å². The fraction of sp³-hybridized carbons (Fsp3) is 0.263. The molecule has 0 atom stereocenters. The number of Topliss-reactive ketones (excluding diaryl/α,β-unsaturated/α-hetero) is 1. The summed E-state index contributed by atoms with van der Waals surface area (Å²) >= 11 is 11.3. The Hall–Kier alpha value is -1.30. The highest BCUT2D eigenvalue weighted by Crippen LogP contribution is 2.25. The molecule has 0 saturated carbocycles. The predicted molar refractivity (Wildman–Crippen MR) is 108 cm³/mol. The summed E-state index contributed by atoms with van der Waals surface area (Å²) in [6, 6.07) is 8.19. The monoisotopic (exact) mass is 437 g/mol. The molecule has 0 radical (unpaired) electrons. The van der Waals surface area contributed by atoms with E-state index >= 15 is 0 Å². The molecule has 0 spiro atoms. The zero-order valence-electron chi connectivity index (χ0n) is 13.9. The molecule has 6 heteroatoms. The second kappa shape index (κ2) is 7.52. The van der Waals surface area contributed by atoms with Crippen LogP contribution in [-0.2, 0) is 5.75 Å². The molecule has 1 N–H and O–H groups in total. The maximum absolute atomic E-state index is 12.9. The fourth-order valence-electron chi connectivity index (χ4n) is 2.90. The second-order valence-electron chi connectivity index (χ2n) is 6.05. The minimum atomic E-state index is -0.283. The van der Waals surface area contributed by atoms with Gasteiger partial charge in [0.05, 0.1) is 21.2 Å². The summed E-state index contributed by atoms with van der Waals surface area (Å²) in [6.45, 7) is 3.46. The van der Waals surface area contributed by atoms with E-state index in [4.69, 9.17) is 11.6 Å². The largest absolute Gasteiger partial charge is 0.348 e. The van der Waals surface area contributed by atoms with Gasteiger partial charge >= 0.3 is 0 Å². The molecule has 3 rings (SSSR count). The molecular formula is C19H17BrClNO2S. The number of benzene rings is 1. The van der Waals surface area contributed by atoms with E-state index in [1.807, 2.05) is 25.1 Å². The van der Waals surface area contributed by atoms with Crippen molar-refractivity contribution in [1.29, 1.82) is 0 Å². The Bertz CT molecular complexity index is 1040. The van der Waals surface area contributed by atoms with E-state index in [0.29, 0.717) is 32.8 Å². The topological polar surface area (TPSA) is 49.9 Å². The molecule has 1 aromatic heterocycles. The second-order valence-corrected chi connectivity index (χ2v) is 8.45. The highest BCUT2D eigenvalue weighted by molar-refractivity contribution is 9.14. The molecule has 0 bridgehead atoms. The number of H-pyrrole nitrogens is 1. The van der Waals surface area contributed by atoms with E-state index in [9.17, 15) is 9.59 Å². The molecule has 0 aliphatic heterocycles. The van der Waals surface area contributed by atoms with Crippen molar-refractivity contribution in [2.75, 3.05) is 0 Å². The average Bonchev–Trinajstić information content (AvgIpc) is 2.55. The highest BCUT2D eigenvalue weighted by atomic mass is 79.9. The molecule has 1 aliphatic carbocycles. The van der Waals surface area contributed by atoms with E-state index in [1.165, 1.54) is 24.2 Å². The van der Waals surface area contributed by atoms with Gasteiger partial charge in [-0.3, -0.25) is 9.59 Å². The minimum Gasteiger partial charge on any atom is -0.348 e. The zero-order valence-corrected chi connectivity index (χ0v) is 17.1. The van der Waals surface area contributed by atoms with E-state index < -0.39 is 0 Å². The minimum absolute atomic E-state index is 0.191. The van der Waals surface area contributed by atoms with Crippen molar-refractivity contribution < 1.29 is 4.79 Å². The van der Waals surface area contributed by atoms with Crippen LogP contribution in [0.5, 0.6) is 0 Å². The standard InChI is InChI=1S/C19H17BrClNO2S/c1-10-4-3-5-12(8-10)9-25-19-15(11(2)23)18(24)16-14(21)7-6-13(20)17(16)22-19/h3-5,8,22H,6-7,9H2,1-2H3. The summed E-state index contributed by atoms with van der Waals surface area (Å²) in [6.07, 6.45) is 1.34. The first-order valence-electron chi connectivity index (χ1n) is 7.91. The molecule has 0 unspecified atom stereocenters. The Morgan fingerprint density at radius 3 is 2.80 bits per heavy atom. The van der Waals surface area contributed by atoms with Gasteiger partial charge in [0.15, 0.2) is 5.78 Å². The van der Waals surface area contributed by atoms with Crippen molar-refractivity contribution >= 4 is 54.6 Å². The number of aryl methyl sites for hydroxylation is 1. The number of halogens is 2. The van der Waals surface area contributed by atoms with Crippen LogP contribution in [0.25, 0.3) is 9.51 Å². The fourth-order valence-corrected chi connectivity index (χ4v) is 4.71.